The molecule has 2 rings (SSSR count). The number of primary amides is 1. The lowest BCUT2D eigenvalue weighted by molar-refractivity contribution is 0.249. The number of nitrogens with one attached hydrogen (secondary N) is 1. The van der Waals surface area contributed by atoms with Gasteiger partial charge in [0.2, 0.25) is 5.88 Å². The first kappa shape index (κ1) is 12.0. The number of carbonyl (C=O) groups excluding carboxylic acids is 1. The maximum Gasteiger partial charge on any atom is 0.332 e. The van der Waals surface area contributed by atoms with Crippen molar-refractivity contribution in [3.8, 4) is 0 Å². The van der Waals surface area contributed by atoms with Crippen molar-refractivity contribution in [3.05, 3.63) is 16.3 Å². The Morgan fingerprint density at radius 2 is 2.29 bits per heavy atom. The molecule has 2 amide bonds. The number of carbonyl (C=O) groups is 1. The lowest BCUT2D eigenvalue weighted by Gasteiger charge is -2.13. The second-order valence-electron chi connectivity index (χ2n) is 3.73. The summed E-state index contributed by atoms with van der Waals surface area (Å²) in [6.07, 6.45) is 3.77. The van der Waals surface area contributed by atoms with Gasteiger partial charge in [-0.25, -0.2) is 10.2 Å². The molecule has 1 fully saturated rings. The largest absolute Gasteiger partial charge is 0.438 e. The number of nitrogens with two attached hydrogens (primary N) is 1. The fourth-order valence-corrected chi connectivity index (χ4v) is 2.29. The Kier molecular flexibility index (Phi) is 3.68. The molecule has 3 N–H and O–H groups in total. The van der Waals surface area contributed by atoms with Crippen LogP contribution in [0.4, 0.5) is 10.7 Å². The molecule has 1 aliphatic rings. The molecule has 2 heterocycles. The summed E-state index contributed by atoms with van der Waals surface area (Å²) >= 11 is 3.44. The number of furan rings is 1. The second-order valence-corrected chi connectivity index (χ2v) is 4.58. The fraction of sp³-hybridized carbons (Fsp3) is 0.400. The van der Waals surface area contributed by atoms with Gasteiger partial charge in [-0.3, -0.25) is 0 Å². The van der Waals surface area contributed by atoms with Crippen molar-refractivity contribution in [1.82, 2.24) is 5.43 Å². The summed E-state index contributed by atoms with van der Waals surface area (Å²) in [6, 6.07) is 1.10. The standard InChI is InChI=1S/C10H13BrN4O2/c11-8-5-7(6-13-14-10(12)16)17-9(8)15-3-1-2-4-15/h5-6H,1-4H2,(H3,12,14,16)/b13-6-. The second kappa shape index (κ2) is 5.22. The van der Waals surface area contributed by atoms with Crippen molar-refractivity contribution in [2.45, 2.75) is 12.8 Å². The Bertz CT molecular complexity index is 438. The molecule has 17 heavy (non-hydrogen) atoms. The van der Waals surface area contributed by atoms with E-state index < -0.39 is 6.03 Å². The first-order chi connectivity index (χ1) is 8.16. The van der Waals surface area contributed by atoms with Crippen LogP contribution in [0.25, 0.3) is 0 Å². The number of urea groups is 1. The molecular weight excluding hydrogens is 288 g/mol. The van der Waals surface area contributed by atoms with E-state index in [0.717, 1.165) is 23.4 Å². The minimum Gasteiger partial charge on any atom is -0.438 e. The predicted octanol–water partition coefficient (Wildman–Crippen LogP) is 1.64. The number of rotatable bonds is 3. The van der Waals surface area contributed by atoms with Crippen molar-refractivity contribution in [2.75, 3.05) is 18.0 Å². The lowest BCUT2D eigenvalue weighted by Crippen LogP contribution is -2.24. The summed E-state index contributed by atoms with van der Waals surface area (Å²) in [5.41, 5.74) is 6.99. The van der Waals surface area contributed by atoms with Crippen LogP contribution in [0.2, 0.25) is 0 Å². The van der Waals surface area contributed by atoms with E-state index in [2.05, 4.69) is 31.4 Å². The van der Waals surface area contributed by atoms with Gasteiger partial charge in [-0.2, -0.15) is 5.10 Å². The minimum absolute atomic E-state index is 0.563. The topological polar surface area (TPSA) is 83.9 Å². The molecule has 1 aliphatic heterocycles. The molecule has 0 radical (unpaired) electrons. The van der Waals surface area contributed by atoms with Gasteiger partial charge >= 0.3 is 6.03 Å². The van der Waals surface area contributed by atoms with E-state index in [0.29, 0.717) is 5.76 Å². The summed E-state index contributed by atoms with van der Waals surface area (Å²) in [5, 5.41) is 3.64. The van der Waals surface area contributed by atoms with Gasteiger partial charge in [0.15, 0.2) is 5.76 Å². The first-order valence-electron chi connectivity index (χ1n) is 5.29. The highest BCUT2D eigenvalue weighted by Crippen LogP contribution is 2.31. The fourth-order valence-electron chi connectivity index (χ4n) is 1.74. The molecule has 0 atom stereocenters. The third-order valence-electron chi connectivity index (χ3n) is 2.45. The maximum absolute atomic E-state index is 10.4. The summed E-state index contributed by atoms with van der Waals surface area (Å²) in [4.78, 5) is 12.6. The normalized spacial score (nSPS) is 15.7. The van der Waals surface area contributed by atoms with Gasteiger partial charge in [0, 0.05) is 19.2 Å². The highest BCUT2D eigenvalue weighted by molar-refractivity contribution is 9.10. The number of nitrogens with zero attached hydrogens (tertiary/aromatic N) is 2. The van der Waals surface area contributed by atoms with Crippen molar-refractivity contribution < 1.29 is 9.21 Å². The van der Waals surface area contributed by atoms with E-state index in [-0.39, 0.29) is 0 Å². The molecule has 1 aromatic heterocycles. The van der Waals surface area contributed by atoms with Crippen LogP contribution in [0.5, 0.6) is 0 Å². The zero-order valence-electron chi connectivity index (χ0n) is 9.15. The third-order valence-corrected chi connectivity index (χ3v) is 3.02. The Morgan fingerprint density at radius 1 is 1.59 bits per heavy atom. The van der Waals surface area contributed by atoms with E-state index >= 15 is 0 Å². The van der Waals surface area contributed by atoms with Crippen molar-refractivity contribution in [2.24, 2.45) is 10.8 Å². The predicted molar refractivity (Wildman–Crippen MR) is 68.2 cm³/mol. The van der Waals surface area contributed by atoms with Crippen molar-refractivity contribution in [3.63, 3.8) is 0 Å². The number of amides is 2. The van der Waals surface area contributed by atoms with Crippen LogP contribution >= 0.6 is 15.9 Å². The Labute approximate surface area is 107 Å². The molecule has 92 valence electrons. The molecule has 0 unspecified atom stereocenters. The smallest absolute Gasteiger partial charge is 0.332 e. The van der Waals surface area contributed by atoms with Gasteiger partial charge in [0.05, 0.1) is 10.7 Å². The summed E-state index contributed by atoms with van der Waals surface area (Å²) in [7, 11) is 0. The van der Waals surface area contributed by atoms with Crippen LogP contribution in [0.3, 0.4) is 0 Å². The van der Waals surface area contributed by atoms with E-state index in [9.17, 15) is 4.79 Å². The first-order valence-corrected chi connectivity index (χ1v) is 6.09. The van der Waals surface area contributed by atoms with Gasteiger partial charge < -0.3 is 15.1 Å². The van der Waals surface area contributed by atoms with Gasteiger partial charge in [-0.05, 0) is 28.8 Å². The van der Waals surface area contributed by atoms with E-state index in [1.54, 1.807) is 6.07 Å². The van der Waals surface area contributed by atoms with Crippen LogP contribution in [0.1, 0.15) is 18.6 Å². The Balaban J connectivity index is 2.07. The SMILES string of the molecule is NC(=O)N/N=C\c1cc(Br)c(N2CCCC2)o1. The number of anilines is 1. The summed E-state index contributed by atoms with van der Waals surface area (Å²) < 4.78 is 6.51. The maximum atomic E-state index is 10.4. The van der Waals surface area contributed by atoms with Crippen LogP contribution in [-0.4, -0.2) is 25.3 Å². The van der Waals surface area contributed by atoms with E-state index in [4.69, 9.17) is 10.2 Å². The van der Waals surface area contributed by atoms with Gasteiger partial charge in [-0.1, -0.05) is 0 Å². The van der Waals surface area contributed by atoms with Crippen molar-refractivity contribution >= 4 is 34.1 Å². The number of hydrazone groups is 1. The molecular formula is C10H13BrN4O2. The third kappa shape index (κ3) is 3.00. The summed E-state index contributed by atoms with van der Waals surface area (Å²) in [6.45, 7) is 2.00. The molecule has 0 aliphatic carbocycles. The van der Waals surface area contributed by atoms with Crippen molar-refractivity contribution in [1.29, 1.82) is 0 Å². The van der Waals surface area contributed by atoms with Gasteiger partial charge in [-0.15, -0.1) is 0 Å². The van der Waals surface area contributed by atoms with Crippen LogP contribution in [-0.2, 0) is 0 Å². The van der Waals surface area contributed by atoms with Gasteiger partial charge in [0.25, 0.3) is 0 Å². The number of hydrogen-bond donors (Lipinski definition) is 2. The molecule has 0 saturated carbocycles. The molecule has 0 bridgehead atoms. The number of halogens is 1. The monoisotopic (exact) mass is 300 g/mol. The molecule has 1 aromatic rings. The Hall–Kier alpha value is -1.50. The van der Waals surface area contributed by atoms with Crippen LogP contribution in [0.15, 0.2) is 20.1 Å². The number of hydrogen-bond acceptors (Lipinski definition) is 4. The lowest BCUT2D eigenvalue weighted by atomic mass is 10.4. The molecule has 0 spiro atoms. The minimum atomic E-state index is -0.702. The van der Waals surface area contributed by atoms with Crippen LogP contribution < -0.4 is 16.1 Å². The molecule has 7 heteroatoms. The molecule has 0 aromatic carbocycles. The molecule has 6 nitrogen and oxygen atoms in total. The quantitative estimate of drug-likeness (QED) is 0.657. The van der Waals surface area contributed by atoms with Crippen LogP contribution in [0, 0.1) is 0 Å². The van der Waals surface area contributed by atoms with E-state index in [1.165, 1.54) is 19.1 Å². The zero-order chi connectivity index (χ0) is 12.3. The average molecular weight is 301 g/mol. The Morgan fingerprint density at radius 3 is 2.94 bits per heavy atom. The average Bonchev–Trinajstić information content (AvgIpc) is 2.86. The van der Waals surface area contributed by atoms with E-state index in [1.807, 2.05) is 0 Å². The van der Waals surface area contributed by atoms with Gasteiger partial charge in [0.1, 0.15) is 0 Å². The highest BCUT2D eigenvalue weighted by atomic mass is 79.9. The summed E-state index contributed by atoms with van der Waals surface area (Å²) in [5.74, 6) is 1.37. The zero-order valence-corrected chi connectivity index (χ0v) is 10.7. The highest BCUT2D eigenvalue weighted by Gasteiger charge is 2.19. The molecule has 1 saturated heterocycles.